The number of benzene rings is 2. The van der Waals surface area contributed by atoms with Crippen molar-refractivity contribution in [3.63, 3.8) is 0 Å². The highest BCUT2D eigenvalue weighted by atomic mass is 16.5. The summed E-state index contributed by atoms with van der Waals surface area (Å²) in [6.07, 6.45) is -0.240. The summed E-state index contributed by atoms with van der Waals surface area (Å²) in [6, 6.07) is 16.3. The van der Waals surface area contributed by atoms with E-state index in [9.17, 15) is 19.5 Å². The average Bonchev–Trinajstić information content (AvgIpc) is 3.38. The van der Waals surface area contributed by atoms with Gasteiger partial charge >= 0.3 is 12.1 Å². The largest absolute Gasteiger partial charge is 0.480 e. The number of nitrogens with one attached hydrogen (secondary N) is 1. The maximum atomic E-state index is 13.0. The van der Waals surface area contributed by atoms with Crippen LogP contribution in [0.5, 0.6) is 0 Å². The topological polar surface area (TPSA) is 105 Å². The summed E-state index contributed by atoms with van der Waals surface area (Å²) in [5.74, 6) is -1.79. The summed E-state index contributed by atoms with van der Waals surface area (Å²) in [4.78, 5) is 38.6. The normalized spacial score (nSPS) is 21.8. The first-order valence-corrected chi connectivity index (χ1v) is 11.9. The molecule has 0 aromatic heterocycles. The molecule has 0 saturated carbocycles. The number of amides is 2. The van der Waals surface area contributed by atoms with Gasteiger partial charge in [-0.2, -0.15) is 0 Å². The predicted molar refractivity (Wildman–Crippen MR) is 130 cm³/mol. The summed E-state index contributed by atoms with van der Waals surface area (Å²) in [5.41, 5.74) is 3.31. The zero-order valence-corrected chi connectivity index (χ0v) is 20.3. The monoisotopic (exact) mass is 480 g/mol. The number of fused-ring (bicyclic) bond motifs is 3. The van der Waals surface area contributed by atoms with E-state index in [0.29, 0.717) is 6.42 Å². The Hall–Kier alpha value is -3.39. The third-order valence-corrected chi connectivity index (χ3v) is 7.28. The van der Waals surface area contributed by atoms with Crippen molar-refractivity contribution in [3.05, 3.63) is 59.7 Å². The maximum Gasteiger partial charge on any atom is 0.407 e. The van der Waals surface area contributed by atoms with Crippen LogP contribution in [0.25, 0.3) is 11.1 Å². The number of rotatable bonds is 8. The van der Waals surface area contributed by atoms with Crippen molar-refractivity contribution in [2.75, 3.05) is 26.8 Å². The van der Waals surface area contributed by atoms with Crippen LogP contribution in [0.1, 0.15) is 43.7 Å². The minimum absolute atomic E-state index is 0.0220. The third-order valence-electron chi connectivity index (χ3n) is 7.28. The third kappa shape index (κ3) is 4.75. The van der Waals surface area contributed by atoms with Gasteiger partial charge in [-0.05, 0) is 35.6 Å². The molecule has 1 saturated heterocycles. The fourth-order valence-corrected chi connectivity index (χ4v) is 5.15. The zero-order chi connectivity index (χ0) is 25.2. The van der Waals surface area contributed by atoms with Crippen LogP contribution in [0.4, 0.5) is 4.79 Å². The lowest BCUT2D eigenvalue weighted by Crippen LogP contribution is -2.52. The van der Waals surface area contributed by atoms with Gasteiger partial charge in [0.1, 0.15) is 12.1 Å². The Balaban J connectivity index is 1.28. The summed E-state index contributed by atoms with van der Waals surface area (Å²) in [6.45, 7) is 3.99. The summed E-state index contributed by atoms with van der Waals surface area (Å²) in [5, 5.41) is 12.4. The molecular weight excluding hydrogens is 448 g/mol. The Labute approximate surface area is 205 Å². The van der Waals surface area contributed by atoms with Crippen molar-refractivity contribution in [3.8, 4) is 11.1 Å². The van der Waals surface area contributed by atoms with E-state index >= 15 is 0 Å². The van der Waals surface area contributed by atoms with Crippen molar-refractivity contribution >= 4 is 18.0 Å². The van der Waals surface area contributed by atoms with Gasteiger partial charge in [-0.1, -0.05) is 55.5 Å². The molecule has 1 heterocycles. The van der Waals surface area contributed by atoms with Gasteiger partial charge in [0.25, 0.3) is 0 Å². The number of hydrogen-bond acceptors (Lipinski definition) is 5. The average molecular weight is 481 g/mol. The number of aliphatic carboxylic acids is 1. The number of likely N-dealkylation sites (tertiary alicyclic amines) is 1. The van der Waals surface area contributed by atoms with Gasteiger partial charge in [0.15, 0.2) is 0 Å². The number of carboxylic acids is 1. The first-order chi connectivity index (χ1) is 16.8. The number of carbonyl (C=O) groups excluding carboxylic acids is 2. The highest BCUT2D eigenvalue weighted by molar-refractivity contribution is 5.88. The van der Waals surface area contributed by atoms with Gasteiger partial charge in [0.2, 0.25) is 5.91 Å². The number of carbonyl (C=O) groups is 3. The van der Waals surface area contributed by atoms with Crippen molar-refractivity contribution in [1.82, 2.24) is 10.2 Å². The number of carboxylic acid groups (broad SMARTS) is 1. The van der Waals surface area contributed by atoms with Crippen LogP contribution < -0.4 is 5.32 Å². The molecular formula is C27H32N2O6. The van der Waals surface area contributed by atoms with Gasteiger partial charge in [0, 0.05) is 38.5 Å². The van der Waals surface area contributed by atoms with Gasteiger partial charge in [0.05, 0.1) is 6.10 Å². The molecule has 8 heteroatoms. The first-order valence-electron chi connectivity index (χ1n) is 11.9. The lowest BCUT2D eigenvalue weighted by molar-refractivity contribution is -0.156. The van der Waals surface area contributed by atoms with Crippen molar-refractivity contribution in [2.45, 2.75) is 44.2 Å². The minimum Gasteiger partial charge on any atom is -0.480 e. The van der Waals surface area contributed by atoms with E-state index in [0.717, 1.165) is 22.3 Å². The van der Waals surface area contributed by atoms with E-state index in [-0.39, 0.29) is 44.0 Å². The Morgan fingerprint density at radius 3 is 2.29 bits per heavy atom. The minimum atomic E-state index is -1.30. The number of hydrogen-bond donors (Lipinski definition) is 2. The van der Waals surface area contributed by atoms with E-state index in [2.05, 4.69) is 29.6 Å². The zero-order valence-electron chi connectivity index (χ0n) is 20.3. The fraction of sp³-hybridized carbons (Fsp3) is 0.444. The molecule has 186 valence electrons. The van der Waals surface area contributed by atoms with Crippen LogP contribution in [-0.4, -0.2) is 66.4 Å². The Morgan fingerprint density at radius 2 is 1.71 bits per heavy atom. The van der Waals surface area contributed by atoms with Gasteiger partial charge in [-0.25, -0.2) is 9.59 Å². The van der Waals surface area contributed by atoms with E-state index < -0.39 is 23.5 Å². The molecule has 2 aliphatic rings. The number of alkyl carbamates (subject to hydrolysis) is 1. The lowest BCUT2D eigenvalue weighted by Gasteiger charge is -2.32. The molecule has 8 nitrogen and oxygen atoms in total. The summed E-state index contributed by atoms with van der Waals surface area (Å²) >= 11 is 0. The van der Waals surface area contributed by atoms with E-state index in [1.165, 1.54) is 12.0 Å². The Morgan fingerprint density at radius 1 is 1.11 bits per heavy atom. The van der Waals surface area contributed by atoms with Gasteiger partial charge in [-0.15, -0.1) is 0 Å². The first kappa shape index (κ1) is 24.7. The molecule has 2 aromatic rings. The van der Waals surface area contributed by atoms with Crippen molar-refractivity contribution in [2.24, 2.45) is 5.92 Å². The highest BCUT2D eigenvalue weighted by Crippen LogP contribution is 2.44. The Kier molecular flexibility index (Phi) is 7.12. The quantitative estimate of drug-likeness (QED) is 0.598. The molecule has 2 N–H and O–H groups in total. The number of methoxy groups -OCH3 is 1. The van der Waals surface area contributed by atoms with Crippen molar-refractivity contribution < 1.29 is 29.0 Å². The molecule has 4 rings (SSSR count). The van der Waals surface area contributed by atoms with Crippen LogP contribution in [0.2, 0.25) is 0 Å². The molecule has 3 unspecified atom stereocenters. The van der Waals surface area contributed by atoms with Gasteiger partial charge < -0.3 is 24.8 Å². The van der Waals surface area contributed by atoms with Crippen molar-refractivity contribution in [1.29, 1.82) is 0 Å². The molecule has 35 heavy (non-hydrogen) atoms. The SMILES string of the molecule is COC1CN(C(=O)C(C)CCNC(=O)OCC2c3ccccc3-c3ccccc32)C(C)(C(=O)O)C1. The van der Waals surface area contributed by atoms with E-state index in [4.69, 9.17) is 9.47 Å². The molecule has 0 radical (unpaired) electrons. The maximum absolute atomic E-state index is 13.0. The Bertz CT molecular complexity index is 1070. The second kappa shape index (κ2) is 10.1. The standard InChI is InChI=1S/C27H32N2O6/c1-17(24(30)29-15-18(34-3)14-27(29,2)25(31)32)12-13-28-26(33)35-16-23-21-10-6-4-8-19(21)20-9-5-7-11-22(20)23/h4-11,17-18,23H,12-16H2,1-3H3,(H,28,33)(H,31,32). The fourth-order valence-electron chi connectivity index (χ4n) is 5.15. The van der Waals surface area contributed by atoms with E-state index in [1.54, 1.807) is 13.8 Å². The van der Waals surface area contributed by atoms with Crippen LogP contribution >= 0.6 is 0 Å². The van der Waals surface area contributed by atoms with Gasteiger partial charge in [-0.3, -0.25) is 4.79 Å². The summed E-state index contributed by atoms with van der Waals surface area (Å²) in [7, 11) is 1.52. The molecule has 0 spiro atoms. The smallest absolute Gasteiger partial charge is 0.407 e. The molecule has 2 amide bonds. The number of nitrogens with zero attached hydrogens (tertiary/aromatic N) is 1. The second-order valence-corrected chi connectivity index (χ2v) is 9.53. The number of ether oxygens (including phenoxy) is 2. The van der Waals surface area contributed by atoms with Crippen LogP contribution in [0, 0.1) is 5.92 Å². The summed E-state index contributed by atoms with van der Waals surface area (Å²) < 4.78 is 10.8. The molecule has 0 bridgehead atoms. The van der Waals surface area contributed by atoms with E-state index in [1.807, 2.05) is 24.3 Å². The lowest BCUT2D eigenvalue weighted by atomic mass is 9.96. The van der Waals surface area contributed by atoms with Crippen LogP contribution in [0.3, 0.4) is 0 Å². The van der Waals surface area contributed by atoms with Crippen LogP contribution in [-0.2, 0) is 19.1 Å². The molecule has 3 atom stereocenters. The second-order valence-electron chi connectivity index (χ2n) is 9.53. The molecule has 1 aliphatic heterocycles. The van der Waals surface area contributed by atoms with Crippen LogP contribution in [0.15, 0.2) is 48.5 Å². The molecule has 2 aromatic carbocycles. The molecule has 1 aliphatic carbocycles. The predicted octanol–water partition coefficient (Wildman–Crippen LogP) is 3.64. The highest BCUT2D eigenvalue weighted by Gasteiger charge is 2.50. The molecule has 1 fully saturated rings.